The van der Waals surface area contributed by atoms with Gasteiger partial charge in [0.25, 0.3) is 0 Å². The summed E-state index contributed by atoms with van der Waals surface area (Å²) in [4.78, 5) is 30.6. The molecule has 1 N–H and O–H groups in total. The molecule has 0 saturated carbocycles. The molecule has 2 amide bonds. The van der Waals surface area contributed by atoms with Crippen molar-refractivity contribution in [1.29, 1.82) is 0 Å². The van der Waals surface area contributed by atoms with Gasteiger partial charge >= 0.3 is 6.09 Å². The van der Waals surface area contributed by atoms with Crippen molar-refractivity contribution in [3.05, 3.63) is 30.1 Å². The largest absolute Gasteiger partial charge is 0.444 e. The Hall–Kier alpha value is -2.11. The van der Waals surface area contributed by atoms with Crippen LogP contribution in [0.25, 0.3) is 0 Å². The van der Waals surface area contributed by atoms with Crippen LogP contribution in [0.1, 0.15) is 58.6 Å². The van der Waals surface area contributed by atoms with Crippen molar-refractivity contribution in [1.82, 2.24) is 15.2 Å². The third-order valence-electron chi connectivity index (χ3n) is 4.00. The summed E-state index contributed by atoms with van der Waals surface area (Å²) < 4.78 is 5.45. The molecule has 132 valence electrons. The van der Waals surface area contributed by atoms with E-state index in [1.807, 2.05) is 39.8 Å². The zero-order valence-electron chi connectivity index (χ0n) is 14.9. The van der Waals surface area contributed by atoms with Gasteiger partial charge in [-0.1, -0.05) is 0 Å². The van der Waals surface area contributed by atoms with E-state index < -0.39 is 17.7 Å². The number of hydrogen-bond donors (Lipinski definition) is 1. The molecular weight excluding hydrogens is 306 g/mol. The van der Waals surface area contributed by atoms with Gasteiger partial charge in [-0.3, -0.25) is 14.7 Å². The monoisotopic (exact) mass is 333 g/mol. The molecule has 2 rings (SSSR count). The summed E-state index contributed by atoms with van der Waals surface area (Å²) in [5.41, 5.74) is 0.415. The Bertz CT molecular complexity index is 569. The second kappa shape index (κ2) is 7.64. The Morgan fingerprint density at radius 1 is 1.29 bits per heavy atom. The molecule has 1 aliphatic rings. The lowest BCUT2D eigenvalue weighted by atomic mass is 10.0. The number of rotatable bonds is 3. The molecule has 0 aliphatic carbocycles. The van der Waals surface area contributed by atoms with E-state index in [4.69, 9.17) is 4.74 Å². The quantitative estimate of drug-likeness (QED) is 0.923. The summed E-state index contributed by atoms with van der Waals surface area (Å²) in [5.74, 6) is -0.134. The second-order valence-corrected chi connectivity index (χ2v) is 7.20. The Balaban J connectivity index is 2.03. The van der Waals surface area contributed by atoms with Crippen molar-refractivity contribution in [3.63, 3.8) is 0 Å². The standard InChI is InChI=1S/C18H27N3O3/c1-13(14-8-10-19-11-9-14)20-16(22)15-7-5-6-12-21(15)17(23)24-18(2,3)4/h8-11,13,15H,5-7,12H2,1-4H3,(H,20,22)/t13-,15+/m1/s1. The van der Waals surface area contributed by atoms with Crippen LogP contribution in [0.4, 0.5) is 4.79 Å². The maximum atomic E-state index is 12.7. The molecule has 0 spiro atoms. The molecule has 0 unspecified atom stereocenters. The molecule has 0 bridgehead atoms. The van der Waals surface area contributed by atoms with Crippen molar-refractivity contribution >= 4 is 12.0 Å². The second-order valence-electron chi connectivity index (χ2n) is 7.20. The van der Waals surface area contributed by atoms with Gasteiger partial charge < -0.3 is 10.1 Å². The summed E-state index contributed by atoms with van der Waals surface area (Å²) in [6.45, 7) is 7.96. The first-order valence-electron chi connectivity index (χ1n) is 8.48. The van der Waals surface area contributed by atoms with Crippen LogP contribution >= 0.6 is 0 Å². The fourth-order valence-electron chi connectivity index (χ4n) is 2.79. The zero-order valence-corrected chi connectivity index (χ0v) is 14.9. The predicted molar refractivity (Wildman–Crippen MR) is 91.4 cm³/mol. The minimum atomic E-state index is -0.570. The van der Waals surface area contributed by atoms with Crippen LogP contribution in [0, 0.1) is 0 Å². The van der Waals surface area contributed by atoms with Crippen molar-refractivity contribution in [2.75, 3.05) is 6.54 Å². The summed E-state index contributed by atoms with van der Waals surface area (Å²) in [5, 5.41) is 3.00. The first-order chi connectivity index (χ1) is 11.3. The lowest BCUT2D eigenvalue weighted by molar-refractivity contribution is -0.128. The number of piperidine rings is 1. The van der Waals surface area contributed by atoms with Crippen LogP contribution in [0.15, 0.2) is 24.5 Å². The van der Waals surface area contributed by atoms with E-state index in [-0.39, 0.29) is 11.9 Å². The highest BCUT2D eigenvalue weighted by atomic mass is 16.6. The molecule has 1 saturated heterocycles. The van der Waals surface area contributed by atoms with Crippen molar-refractivity contribution < 1.29 is 14.3 Å². The highest BCUT2D eigenvalue weighted by molar-refractivity contribution is 5.86. The van der Waals surface area contributed by atoms with Gasteiger partial charge in [0, 0.05) is 18.9 Å². The van der Waals surface area contributed by atoms with Crippen LogP contribution in [0.5, 0.6) is 0 Å². The number of aromatic nitrogens is 1. The van der Waals surface area contributed by atoms with Crippen molar-refractivity contribution in [2.45, 2.75) is 64.6 Å². The lowest BCUT2D eigenvalue weighted by Gasteiger charge is -2.36. The van der Waals surface area contributed by atoms with Gasteiger partial charge in [-0.05, 0) is 64.7 Å². The molecule has 1 aliphatic heterocycles. The third kappa shape index (κ3) is 4.94. The summed E-state index contributed by atoms with van der Waals surface area (Å²) >= 11 is 0. The number of likely N-dealkylation sites (tertiary alicyclic amines) is 1. The molecule has 1 aromatic heterocycles. The molecule has 0 aromatic carbocycles. The van der Waals surface area contributed by atoms with Gasteiger partial charge in [0.15, 0.2) is 0 Å². The van der Waals surface area contributed by atoms with Gasteiger partial charge in [-0.15, -0.1) is 0 Å². The molecule has 2 heterocycles. The van der Waals surface area contributed by atoms with Crippen LogP contribution < -0.4 is 5.32 Å². The summed E-state index contributed by atoms with van der Waals surface area (Å²) in [6, 6.07) is 3.13. The number of pyridine rings is 1. The molecule has 1 aromatic rings. The highest BCUT2D eigenvalue weighted by Crippen LogP contribution is 2.21. The first-order valence-corrected chi connectivity index (χ1v) is 8.48. The number of nitrogens with zero attached hydrogens (tertiary/aromatic N) is 2. The highest BCUT2D eigenvalue weighted by Gasteiger charge is 2.35. The van der Waals surface area contributed by atoms with Crippen LogP contribution in [-0.2, 0) is 9.53 Å². The van der Waals surface area contributed by atoms with E-state index in [1.54, 1.807) is 17.3 Å². The fraction of sp³-hybridized carbons (Fsp3) is 0.611. The Morgan fingerprint density at radius 2 is 1.96 bits per heavy atom. The third-order valence-corrected chi connectivity index (χ3v) is 4.00. The minimum absolute atomic E-state index is 0.134. The van der Waals surface area contributed by atoms with Gasteiger partial charge in [0.05, 0.1) is 6.04 Å². The Labute approximate surface area is 143 Å². The number of ether oxygens (including phenoxy) is 1. The maximum Gasteiger partial charge on any atom is 0.410 e. The average molecular weight is 333 g/mol. The molecule has 6 nitrogen and oxygen atoms in total. The number of carbonyl (C=O) groups is 2. The fourth-order valence-corrected chi connectivity index (χ4v) is 2.79. The van der Waals surface area contributed by atoms with E-state index in [2.05, 4.69) is 10.3 Å². The van der Waals surface area contributed by atoms with Gasteiger partial charge in [0.1, 0.15) is 11.6 Å². The van der Waals surface area contributed by atoms with Crippen LogP contribution in [0.3, 0.4) is 0 Å². The van der Waals surface area contributed by atoms with Crippen molar-refractivity contribution in [3.8, 4) is 0 Å². The summed E-state index contributed by atoms with van der Waals surface area (Å²) in [6.07, 6.45) is 5.47. The molecule has 6 heteroatoms. The molecule has 24 heavy (non-hydrogen) atoms. The molecule has 2 atom stereocenters. The SMILES string of the molecule is C[C@@H](NC(=O)[C@@H]1CCCCN1C(=O)OC(C)(C)C)c1ccncc1. The predicted octanol–water partition coefficient (Wildman–Crippen LogP) is 3.05. The maximum absolute atomic E-state index is 12.7. The lowest BCUT2D eigenvalue weighted by Crippen LogP contribution is -2.53. The van der Waals surface area contributed by atoms with Crippen LogP contribution in [-0.4, -0.2) is 40.1 Å². The van der Waals surface area contributed by atoms with E-state index in [1.165, 1.54) is 0 Å². The molecule has 1 fully saturated rings. The van der Waals surface area contributed by atoms with Gasteiger partial charge in [-0.25, -0.2) is 4.79 Å². The smallest absolute Gasteiger partial charge is 0.410 e. The Kier molecular flexibility index (Phi) is 5.80. The van der Waals surface area contributed by atoms with Gasteiger partial charge in [-0.2, -0.15) is 0 Å². The number of hydrogen-bond acceptors (Lipinski definition) is 4. The topological polar surface area (TPSA) is 71.5 Å². The van der Waals surface area contributed by atoms with E-state index >= 15 is 0 Å². The number of amides is 2. The van der Waals surface area contributed by atoms with Crippen molar-refractivity contribution in [2.24, 2.45) is 0 Å². The zero-order chi connectivity index (χ0) is 17.7. The Morgan fingerprint density at radius 3 is 2.58 bits per heavy atom. The van der Waals surface area contributed by atoms with E-state index in [0.29, 0.717) is 13.0 Å². The minimum Gasteiger partial charge on any atom is -0.444 e. The molecular formula is C18H27N3O3. The number of nitrogens with one attached hydrogen (secondary N) is 1. The van der Waals surface area contributed by atoms with Crippen LogP contribution in [0.2, 0.25) is 0 Å². The first kappa shape index (κ1) is 18.2. The number of carbonyl (C=O) groups excluding carboxylic acids is 2. The molecule has 0 radical (unpaired) electrons. The summed E-state index contributed by atoms with van der Waals surface area (Å²) in [7, 11) is 0. The van der Waals surface area contributed by atoms with E-state index in [9.17, 15) is 9.59 Å². The average Bonchev–Trinajstić information content (AvgIpc) is 2.54. The normalized spacial score (nSPS) is 19.5. The van der Waals surface area contributed by atoms with E-state index in [0.717, 1.165) is 18.4 Å². The van der Waals surface area contributed by atoms with Gasteiger partial charge in [0.2, 0.25) is 5.91 Å².